The van der Waals surface area contributed by atoms with Gasteiger partial charge >= 0.3 is 0 Å². The second-order valence-electron chi connectivity index (χ2n) is 8.74. The predicted octanol–water partition coefficient (Wildman–Crippen LogP) is 4.99. The molecule has 1 aromatic carbocycles. The molecule has 29 heavy (non-hydrogen) atoms. The molecule has 1 fully saturated rings. The molecule has 152 valence electrons. The molecule has 0 bridgehead atoms. The Morgan fingerprint density at radius 2 is 2.00 bits per heavy atom. The van der Waals surface area contributed by atoms with Gasteiger partial charge in [0.15, 0.2) is 5.65 Å². The monoisotopic (exact) mass is 389 g/mol. The average Bonchev–Trinajstić information content (AvgIpc) is 3.37. The van der Waals surface area contributed by atoms with Crippen molar-refractivity contribution in [3.63, 3.8) is 0 Å². The van der Waals surface area contributed by atoms with Gasteiger partial charge in [-0.2, -0.15) is 0 Å². The highest BCUT2D eigenvalue weighted by atomic mass is 15.1. The zero-order valence-electron chi connectivity index (χ0n) is 17.5. The molecule has 0 saturated heterocycles. The zero-order valence-corrected chi connectivity index (χ0v) is 17.5. The first kappa shape index (κ1) is 18.6. The molecule has 0 spiro atoms. The molecule has 5 nitrogen and oxygen atoms in total. The van der Waals surface area contributed by atoms with Gasteiger partial charge in [0.1, 0.15) is 5.82 Å². The van der Waals surface area contributed by atoms with E-state index < -0.39 is 0 Å². The summed E-state index contributed by atoms with van der Waals surface area (Å²) in [6, 6.07) is 10.1. The van der Waals surface area contributed by atoms with Gasteiger partial charge in [-0.05, 0) is 49.6 Å². The van der Waals surface area contributed by atoms with Crippen molar-refractivity contribution in [2.24, 2.45) is 0 Å². The van der Waals surface area contributed by atoms with E-state index in [0.29, 0.717) is 0 Å². The van der Waals surface area contributed by atoms with E-state index >= 15 is 0 Å². The second-order valence-corrected chi connectivity index (χ2v) is 8.74. The number of benzene rings is 1. The molecule has 2 N–H and O–H groups in total. The van der Waals surface area contributed by atoms with Crippen molar-refractivity contribution in [3.8, 4) is 0 Å². The first-order valence-corrected chi connectivity index (χ1v) is 11.1. The minimum absolute atomic E-state index is 0.270. The molecule has 1 saturated carbocycles. The van der Waals surface area contributed by atoms with Gasteiger partial charge in [0.05, 0.1) is 11.6 Å². The van der Waals surface area contributed by atoms with Crippen LogP contribution in [0.25, 0.3) is 11.2 Å². The summed E-state index contributed by atoms with van der Waals surface area (Å²) in [4.78, 5) is 15.1. The maximum absolute atomic E-state index is 4.60. The SMILES string of the molecule is CCc1nc2nccc(C3Cc4cc(CN(C)C5CCCCC5)ccc4N3)c2[nH]1. The van der Waals surface area contributed by atoms with Gasteiger partial charge in [-0.1, -0.05) is 38.3 Å². The number of imidazole rings is 1. The van der Waals surface area contributed by atoms with Crippen LogP contribution in [0, 0.1) is 0 Å². The van der Waals surface area contributed by atoms with Crippen molar-refractivity contribution in [2.45, 2.75) is 70.5 Å². The molecular weight excluding hydrogens is 358 g/mol. The van der Waals surface area contributed by atoms with Gasteiger partial charge in [0, 0.05) is 36.5 Å². The molecule has 0 radical (unpaired) electrons. The van der Waals surface area contributed by atoms with Gasteiger partial charge in [0.2, 0.25) is 0 Å². The zero-order chi connectivity index (χ0) is 19.8. The van der Waals surface area contributed by atoms with Crippen molar-refractivity contribution >= 4 is 16.9 Å². The molecule has 2 aliphatic rings. The number of anilines is 1. The lowest BCUT2D eigenvalue weighted by Crippen LogP contribution is -2.32. The maximum Gasteiger partial charge on any atom is 0.178 e. The van der Waals surface area contributed by atoms with Crippen LogP contribution in [0.5, 0.6) is 0 Å². The van der Waals surface area contributed by atoms with Crippen molar-refractivity contribution in [2.75, 3.05) is 12.4 Å². The van der Waals surface area contributed by atoms with Crippen molar-refractivity contribution in [1.29, 1.82) is 0 Å². The van der Waals surface area contributed by atoms with Crippen LogP contribution < -0.4 is 5.32 Å². The Morgan fingerprint density at radius 3 is 2.83 bits per heavy atom. The molecule has 5 rings (SSSR count). The Balaban J connectivity index is 1.34. The molecule has 3 aromatic rings. The summed E-state index contributed by atoms with van der Waals surface area (Å²) in [6.07, 6.45) is 10.7. The number of nitrogens with one attached hydrogen (secondary N) is 2. The summed E-state index contributed by atoms with van der Waals surface area (Å²) in [5, 5.41) is 3.72. The fraction of sp³-hybridized carbons (Fsp3) is 0.500. The third-order valence-electron chi connectivity index (χ3n) is 6.74. The number of hydrogen-bond donors (Lipinski definition) is 2. The van der Waals surface area contributed by atoms with Crippen LogP contribution in [0.1, 0.15) is 67.6 Å². The molecule has 1 atom stereocenters. The molecule has 1 aliphatic heterocycles. The molecule has 5 heteroatoms. The Bertz CT molecular complexity index is 1000. The predicted molar refractivity (Wildman–Crippen MR) is 118 cm³/mol. The standard InChI is InChI=1S/C24H31N5/c1-3-22-27-23-19(11-12-25-24(23)28-22)21-14-17-13-16(9-10-20(17)26-21)15-29(2)18-7-5-4-6-8-18/h9-13,18,21,26H,3-8,14-15H2,1-2H3,(H,25,27,28). The van der Waals surface area contributed by atoms with Gasteiger partial charge in [0.25, 0.3) is 0 Å². The smallest absolute Gasteiger partial charge is 0.178 e. The third-order valence-corrected chi connectivity index (χ3v) is 6.74. The Kier molecular flexibility index (Phi) is 5.00. The Morgan fingerprint density at radius 1 is 1.14 bits per heavy atom. The van der Waals surface area contributed by atoms with Gasteiger partial charge in [-0.25, -0.2) is 9.97 Å². The number of aromatic amines is 1. The number of nitrogens with zero attached hydrogens (tertiary/aromatic N) is 3. The second kappa shape index (κ2) is 7.79. The Labute approximate surface area is 172 Å². The van der Waals surface area contributed by atoms with Crippen LogP contribution >= 0.6 is 0 Å². The number of hydrogen-bond acceptors (Lipinski definition) is 4. The minimum atomic E-state index is 0.270. The highest BCUT2D eigenvalue weighted by molar-refractivity contribution is 5.77. The van der Waals surface area contributed by atoms with E-state index in [1.54, 1.807) is 0 Å². The maximum atomic E-state index is 4.60. The molecule has 1 aliphatic carbocycles. The molecule has 3 heterocycles. The Hall–Kier alpha value is -2.40. The van der Waals surface area contributed by atoms with Crippen molar-refractivity contribution in [3.05, 3.63) is 53.0 Å². The van der Waals surface area contributed by atoms with E-state index in [1.807, 2.05) is 6.20 Å². The normalized spacial score (nSPS) is 19.6. The highest BCUT2D eigenvalue weighted by Gasteiger charge is 2.25. The van der Waals surface area contributed by atoms with Crippen LogP contribution in [0.4, 0.5) is 5.69 Å². The lowest BCUT2D eigenvalue weighted by molar-refractivity contribution is 0.184. The van der Waals surface area contributed by atoms with E-state index in [4.69, 9.17) is 0 Å². The summed E-state index contributed by atoms with van der Waals surface area (Å²) in [5.41, 5.74) is 7.27. The average molecular weight is 390 g/mol. The minimum Gasteiger partial charge on any atom is -0.378 e. The van der Waals surface area contributed by atoms with E-state index in [2.05, 4.69) is 63.4 Å². The summed E-state index contributed by atoms with van der Waals surface area (Å²) in [6.45, 7) is 3.16. The number of fused-ring (bicyclic) bond motifs is 2. The van der Waals surface area contributed by atoms with Crippen molar-refractivity contribution in [1.82, 2.24) is 19.9 Å². The quantitative estimate of drug-likeness (QED) is 0.645. The number of aromatic nitrogens is 3. The fourth-order valence-electron chi connectivity index (χ4n) is 5.08. The highest BCUT2D eigenvalue weighted by Crippen LogP contribution is 2.37. The third kappa shape index (κ3) is 3.64. The van der Waals surface area contributed by atoms with Gasteiger partial charge < -0.3 is 10.3 Å². The van der Waals surface area contributed by atoms with Crippen molar-refractivity contribution < 1.29 is 0 Å². The lowest BCUT2D eigenvalue weighted by Gasteiger charge is -2.31. The molecular formula is C24H31N5. The number of pyridine rings is 1. The summed E-state index contributed by atoms with van der Waals surface area (Å²) >= 11 is 0. The lowest BCUT2D eigenvalue weighted by atomic mass is 9.94. The topological polar surface area (TPSA) is 56.8 Å². The first-order chi connectivity index (χ1) is 14.2. The van der Waals surface area contributed by atoms with E-state index in [9.17, 15) is 0 Å². The van der Waals surface area contributed by atoms with Crippen LogP contribution in [0.15, 0.2) is 30.5 Å². The van der Waals surface area contributed by atoms with E-state index in [1.165, 1.54) is 54.5 Å². The first-order valence-electron chi connectivity index (χ1n) is 11.1. The van der Waals surface area contributed by atoms with E-state index in [0.717, 1.165) is 42.4 Å². The molecule has 2 aromatic heterocycles. The van der Waals surface area contributed by atoms with Crippen LogP contribution in [-0.4, -0.2) is 32.9 Å². The summed E-state index contributed by atoms with van der Waals surface area (Å²) < 4.78 is 0. The van der Waals surface area contributed by atoms with Gasteiger partial charge in [-0.3, -0.25) is 4.90 Å². The summed E-state index contributed by atoms with van der Waals surface area (Å²) in [5.74, 6) is 1.00. The largest absolute Gasteiger partial charge is 0.378 e. The number of rotatable bonds is 5. The fourth-order valence-corrected chi connectivity index (χ4v) is 5.08. The van der Waals surface area contributed by atoms with Crippen LogP contribution in [0.3, 0.4) is 0 Å². The number of aryl methyl sites for hydroxylation is 1. The van der Waals surface area contributed by atoms with Crippen LogP contribution in [-0.2, 0) is 19.4 Å². The van der Waals surface area contributed by atoms with E-state index in [-0.39, 0.29) is 6.04 Å². The number of H-pyrrole nitrogens is 1. The molecule has 1 unspecified atom stereocenters. The molecule has 0 amide bonds. The van der Waals surface area contributed by atoms with Crippen LogP contribution in [0.2, 0.25) is 0 Å². The summed E-state index contributed by atoms with van der Waals surface area (Å²) in [7, 11) is 2.29. The van der Waals surface area contributed by atoms with Gasteiger partial charge in [-0.15, -0.1) is 0 Å².